The number of amidine groups is 1. The summed E-state index contributed by atoms with van der Waals surface area (Å²) in [6.07, 6.45) is 5.59. The first-order valence-corrected chi connectivity index (χ1v) is 11.8. The van der Waals surface area contributed by atoms with Crippen LogP contribution in [0.3, 0.4) is 0 Å². The number of aldehydes is 1. The second-order valence-corrected chi connectivity index (χ2v) is 8.91. The molecule has 10 heteroatoms. The topological polar surface area (TPSA) is 102 Å². The second kappa shape index (κ2) is 9.88. The fourth-order valence-electron chi connectivity index (χ4n) is 4.91. The first kappa shape index (κ1) is 24.2. The van der Waals surface area contributed by atoms with Crippen LogP contribution in [-0.4, -0.2) is 40.6 Å². The molecule has 2 atom stereocenters. The number of nitrogens with zero attached hydrogens (tertiary/aromatic N) is 3. The van der Waals surface area contributed by atoms with Crippen molar-refractivity contribution in [2.75, 3.05) is 13.1 Å². The van der Waals surface area contributed by atoms with E-state index in [-0.39, 0.29) is 23.5 Å². The molecule has 8 nitrogen and oxygen atoms in total. The van der Waals surface area contributed by atoms with Crippen molar-refractivity contribution in [1.82, 2.24) is 14.9 Å². The molecule has 2 aromatic carbocycles. The van der Waals surface area contributed by atoms with Crippen LogP contribution in [0.25, 0.3) is 11.1 Å². The third kappa shape index (κ3) is 4.46. The van der Waals surface area contributed by atoms with Gasteiger partial charge in [0, 0.05) is 30.4 Å². The number of benzene rings is 2. The zero-order valence-electron chi connectivity index (χ0n) is 19.9. The molecule has 0 radical (unpaired) electrons. The number of carbonyl (C=O) groups is 2. The summed E-state index contributed by atoms with van der Waals surface area (Å²) < 4.78 is 35.4. The summed E-state index contributed by atoms with van der Waals surface area (Å²) in [4.78, 5) is 26.0. The summed E-state index contributed by atoms with van der Waals surface area (Å²) in [5.41, 5.74) is 11.9. The van der Waals surface area contributed by atoms with Crippen molar-refractivity contribution in [3.8, 4) is 22.6 Å². The molecular formula is C27H25F2N5O3. The summed E-state index contributed by atoms with van der Waals surface area (Å²) in [7, 11) is 0. The van der Waals surface area contributed by atoms with E-state index in [1.54, 1.807) is 29.2 Å². The summed E-state index contributed by atoms with van der Waals surface area (Å²) in [6, 6.07) is 9.40. The number of likely N-dealkylation sites (tertiary alicyclic amines) is 1. The molecule has 2 aliphatic rings. The average molecular weight is 506 g/mol. The van der Waals surface area contributed by atoms with Gasteiger partial charge in [-0.05, 0) is 48.7 Å². The number of halogens is 2. The van der Waals surface area contributed by atoms with Crippen LogP contribution < -0.4 is 15.9 Å². The average Bonchev–Trinajstić information content (AvgIpc) is 3.33. The van der Waals surface area contributed by atoms with E-state index in [2.05, 4.69) is 17.1 Å². The van der Waals surface area contributed by atoms with Crippen LogP contribution >= 0.6 is 0 Å². The molecule has 3 N–H and O–H groups in total. The summed E-state index contributed by atoms with van der Waals surface area (Å²) >= 11 is 0. The number of aromatic nitrogens is 1. The van der Waals surface area contributed by atoms with Gasteiger partial charge in [-0.1, -0.05) is 24.8 Å². The number of hydrogen-bond donors (Lipinski definition) is 2. The molecule has 2 unspecified atom stereocenters. The van der Waals surface area contributed by atoms with Gasteiger partial charge in [0.25, 0.3) is 0 Å². The fraction of sp³-hybridized carbons (Fsp3) is 0.222. The lowest BCUT2D eigenvalue weighted by Gasteiger charge is -2.35. The number of fused-ring (bicyclic) bond motifs is 1. The fourth-order valence-corrected chi connectivity index (χ4v) is 4.91. The predicted octanol–water partition coefficient (Wildman–Crippen LogP) is 4.04. The number of piperidine rings is 1. The normalized spacial score (nSPS) is 18.9. The number of rotatable bonds is 6. The number of amides is 1. The van der Waals surface area contributed by atoms with Gasteiger partial charge in [0.1, 0.15) is 18.1 Å². The SMILES string of the molecule is C=CC(=O)N1CCCC(n2cc(-c3ccc(Oc4c(F)cccc4F)cc3)c3c2C(C=O)NN=C3N)C1. The largest absolute Gasteiger partial charge is 0.451 e. The van der Waals surface area contributed by atoms with Gasteiger partial charge in [0.2, 0.25) is 5.91 Å². The smallest absolute Gasteiger partial charge is 0.246 e. The van der Waals surface area contributed by atoms with Gasteiger partial charge in [0.15, 0.2) is 23.2 Å². The Hall–Kier alpha value is -4.47. The van der Waals surface area contributed by atoms with Crippen LogP contribution in [0.15, 0.2) is 66.4 Å². The molecule has 3 aromatic rings. The maximum atomic E-state index is 14.0. The summed E-state index contributed by atoms with van der Waals surface area (Å²) in [6.45, 7) is 4.69. The van der Waals surface area contributed by atoms with Crippen molar-refractivity contribution in [3.63, 3.8) is 0 Å². The third-order valence-electron chi connectivity index (χ3n) is 6.66. The molecule has 1 saturated heterocycles. The van der Waals surface area contributed by atoms with E-state index in [4.69, 9.17) is 10.5 Å². The first-order chi connectivity index (χ1) is 17.9. The van der Waals surface area contributed by atoms with Crippen LogP contribution in [0.5, 0.6) is 11.5 Å². The molecule has 37 heavy (non-hydrogen) atoms. The number of nitrogens with one attached hydrogen (secondary N) is 1. The van der Waals surface area contributed by atoms with Gasteiger partial charge in [-0.3, -0.25) is 10.2 Å². The van der Waals surface area contributed by atoms with Gasteiger partial charge in [-0.2, -0.15) is 5.10 Å². The lowest BCUT2D eigenvalue weighted by atomic mass is 9.98. The minimum Gasteiger partial charge on any atom is -0.451 e. The maximum absolute atomic E-state index is 14.0. The Morgan fingerprint density at radius 2 is 1.92 bits per heavy atom. The highest BCUT2D eigenvalue weighted by atomic mass is 19.1. The van der Waals surface area contributed by atoms with Crippen LogP contribution in [-0.2, 0) is 9.59 Å². The maximum Gasteiger partial charge on any atom is 0.246 e. The Balaban J connectivity index is 1.53. The van der Waals surface area contributed by atoms with Gasteiger partial charge in [-0.15, -0.1) is 0 Å². The molecule has 1 amide bonds. The van der Waals surface area contributed by atoms with Crippen molar-refractivity contribution >= 4 is 18.0 Å². The highest BCUT2D eigenvalue weighted by molar-refractivity contribution is 6.06. The van der Waals surface area contributed by atoms with E-state index in [0.717, 1.165) is 42.4 Å². The van der Waals surface area contributed by atoms with Gasteiger partial charge in [0.05, 0.1) is 11.7 Å². The van der Waals surface area contributed by atoms with Gasteiger partial charge >= 0.3 is 0 Å². The first-order valence-electron chi connectivity index (χ1n) is 11.8. The molecule has 3 heterocycles. The Morgan fingerprint density at radius 1 is 1.19 bits per heavy atom. The molecule has 0 saturated carbocycles. The molecule has 1 fully saturated rings. The Bertz CT molecular complexity index is 1380. The molecule has 1 aromatic heterocycles. The Labute approximate surface area is 212 Å². The van der Waals surface area contributed by atoms with Gasteiger partial charge in [-0.25, -0.2) is 8.78 Å². The Morgan fingerprint density at radius 3 is 2.59 bits per heavy atom. The third-order valence-corrected chi connectivity index (χ3v) is 6.66. The zero-order valence-corrected chi connectivity index (χ0v) is 19.9. The molecule has 0 spiro atoms. The van der Waals surface area contributed by atoms with Gasteiger partial charge < -0.3 is 24.7 Å². The second-order valence-electron chi connectivity index (χ2n) is 8.91. The van der Waals surface area contributed by atoms with Crippen LogP contribution in [0.2, 0.25) is 0 Å². The predicted molar refractivity (Wildman–Crippen MR) is 134 cm³/mol. The van der Waals surface area contributed by atoms with Crippen molar-refractivity contribution < 1.29 is 23.1 Å². The van der Waals surface area contributed by atoms with E-state index >= 15 is 0 Å². The minimum atomic E-state index is -0.803. The van der Waals surface area contributed by atoms with Crippen molar-refractivity contribution in [2.24, 2.45) is 10.8 Å². The summed E-state index contributed by atoms with van der Waals surface area (Å²) in [5.74, 6) is -1.75. The number of para-hydroxylation sites is 1. The monoisotopic (exact) mass is 505 g/mol. The number of nitrogens with two attached hydrogens (primary N) is 1. The van der Waals surface area contributed by atoms with Crippen molar-refractivity contribution in [3.05, 3.63) is 84.2 Å². The highest BCUT2D eigenvalue weighted by Crippen LogP contribution is 2.38. The summed E-state index contributed by atoms with van der Waals surface area (Å²) in [5, 5.41) is 4.13. The molecule has 0 aliphatic carbocycles. The molecule has 5 rings (SSSR count). The van der Waals surface area contributed by atoms with Crippen molar-refractivity contribution in [1.29, 1.82) is 0 Å². The lowest BCUT2D eigenvalue weighted by molar-refractivity contribution is -0.127. The van der Waals surface area contributed by atoms with E-state index in [0.29, 0.717) is 24.3 Å². The molecule has 190 valence electrons. The quantitative estimate of drug-likeness (QED) is 0.389. The van der Waals surface area contributed by atoms with Crippen molar-refractivity contribution in [2.45, 2.75) is 24.9 Å². The van der Waals surface area contributed by atoms with Crippen LogP contribution in [0.1, 0.15) is 36.2 Å². The minimum absolute atomic E-state index is 0.0815. The Kier molecular flexibility index (Phi) is 6.47. The molecule has 2 aliphatic heterocycles. The zero-order chi connectivity index (χ0) is 26.1. The van der Waals surface area contributed by atoms with Crippen LogP contribution in [0.4, 0.5) is 8.78 Å². The molecule has 0 bridgehead atoms. The van der Waals surface area contributed by atoms with E-state index in [1.807, 2.05) is 10.8 Å². The van der Waals surface area contributed by atoms with E-state index < -0.39 is 23.4 Å². The molecular weight excluding hydrogens is 480 g/mol. The van der Waals surface area contributed by atoms with E-state index in [9.17, 15) is 18.4 Å². The van der Waals surface area contributed by atoms with E-state index in [1.165, 1.54) is 12.1 Å². The number of carbonyl (C=O) groups excluding carboxylic acids is 2. The number of ether oxygens (including phenoxy) is 1. The standard InChI is InChI=1S/C27H25F2N5O3/c1-2-23(36)33-12-4-5-17(13-33)34-14-19(24-25(34)22(15-35)31-32-27(24)30)16-8-10-18(11-9-16)37-26-20(28)6-3-7-21(26)29/h2-3,6-11,14-15,17,22,31H,1,4-5,12-13H2,(H2,30,32). The lowest BCUT2D eigenvalue weighted by Crippen LogP contribution is -2.41. The number of hydrogen-bond acceptors (Lipinski definition) is 6. The highest BCUT2D eigenvalue weighted by Gasteiger charge is 2.33. The number of hydrazone groups is 1. The van der Waals surface area contributed by atoms with Crippen LogP contribution in [0, 0.1) is 11.6 Å².